The molecule has 124 valence electrons. The molecule has 23 heavy (non-hydrogen) atoms. The number of aliphatic hydroxyl groups is 1. The molecule has 1 saturated heterocycles. The van der Waals surface area contributed by atoms with Crippen LogP contribution in [0.2, 0.25) is 0 Å². The molecule has 3 atom stereocenters. The molecule has 0 spiro atoms. The van der Waals surface area contributed by atoms with Gasteiger partial charge in [-0.2, -0.15) is 0 Å². The van der Waals surface area contributed by atoms with Gasteiger partial charge in [0.05, 0.1) is 18.4 Å². The largest absolute Gasteiger partial charge is 0.491 e. The molecule has 3 rings (SSSR count). The summed E-state index contributed by atoms with van der Waals surface area (Å²) in [6, 6.07) is 7.53. The molecule has 1 heterocycles. The number of ether oxygens (including phenoxy) is 1. The Kier molecular flexibility index (Phi) is 4.66. The molecular weight excluding hydrogens is 294 g/mol. The van der Waals surface area contributed by atoms with Crippen molar-refractivity contribution in [2.24, 2.45) is 11.8 Å². The van der Waals surface area contributed by atoms with Crippen LogP contribution >= 0.6 is 0 Å². The van der Waals surface area contributed by atoms with Crippen LogP contribution in [0, 0.1) is 18.8 Å². The number of benzene rings is 1. The van der Waals surface area contributed by atoms with Gasteiger partial charge in [0.15, 0.2) is 0 Å². The lowest BCUT2D eigenvalue weighted by atomic mass is 9.81. The summed E-state index contributed by atoms with van der Waals surface area (Å²) in [5.74, 6) is 0.105. The summed E-state index contributed by atoms with van der Waals surface area (Å²) in [7, 11) is 0. The summed E-state index contributed by atoms with van der Waals surface area (Å²) in [5, 5.41) is 10.1. The standard InChI is InChI=1S/C18H23NO4/c1-12-6-8-14(9-7-12)23-11-13(20)10-19-17(21)15-4-2-3-5-16(15)18(19)22/h6-9,13,15-16,20H,2-5,10-11H2,1H3/t13-,15-,16+/m0/s1. The maximum Gasteiger partial charge on any atom is 0.233 e. The first kappa shape index (κ1) is 16.0. The lowest BCUT2D eigenvalue weighted by Crippen LogP contribution is -2.40. The van der Waals surface area contributed by atoms with Crippen LogP contribution in [-0.2, 0) is 9.59 Å². The Morgan fingerprint density at radius 2 is 1.70 bits per heavy atom. The number of aliphatic hydroxyl groups excluding tert-OH is 1. The van der Waals surface area contributed by atoms with Crippen molar-refractivity contribution in [3.63, 3.8) is 0 Å². The van der Waals surface area contributed by atoms with Gasteiger partial charge in [-0.05, 0) is 31.9 Å². The van der Waals surface area contributed by atoms with Crippen molar-refractivity contribution < 1.29 is 19.4 Å². The van der Waals surface area contributed by atoms with Crippen molar-refractivity contribution in [3.05, 3.63) is 29.8 Å². The molecule has 0 aromatic heterocycles. The zero-order valence-corrected chi connectivity index (χ0v) is 13.4. The Balaban J connectivity index is 1.55. The van der Waals surface area contributed by atoms with Crippen LogP contribution in [0.5, 0.6) is 5.75 Å². The number of β-amino-alcohol motifs (C(OH)–C–C–N with tert-alkyl or cyclic N) is 1. The van der Waals surface area contributed by atoms with E-state index in [-0.39, 0.29) is 36.8 Å². The quantitative estimate of drug-likeness (QED) is 0.843. The number of carbonyl (C=O) groups excluding carboxylic acids is 2. The first-order chi connectivity index (χ1) is 11.1. The van der Waals surface area contributed by atoms with Gasteiger partial charge in [-0.3, -0.25) is 14.5 Å². The highest BCUT2D eigenvalue weighted by molar-refractivity contribution is 6.05. The van der Waals surface area contributed by atoms with Crippen molar-refractivity contribution in [1.82, 2.24) is 4.90 Å². The molecule has 0 bridgehead atoms. The number of imide groups is 1. The number of hydrogen-bond acceptors (Lipinski definition) is 4. The van der Waals surface area contributed by atoms with E-state index in [0.29, 0.717) is 5.75 Å². The average molecular weight is 317 g/mol. The van der Waals surface area contributed by atoms with Gasteiger partial charge in [-0.15, -0.1) is 0 Å². The Labute approximate surface area is 136 Å². The zero-order valence-electron chi connectivity index (χ0n) is 13.4. The molecule has 1 aromatic carbocycles. The molecule has 1 aliphatic heterocycles. The van der Waals surface area contributed by atoms with Crippen LogP contribution in [0.4, 0.5) is 0 Å². The lowest BCUT2D eigenvalue weighted by molar-refractivity contribution is -0.141. The highest BCUT2D eigenvalue weighted by Gasteiger charge is 2.48. The van der Waals surface area contributed by atoms with Crippen LogP contribution in [-0.4, -0.2) is 41.1 Å². The van der Waals surface area contributed by atoms with Crippen LogP contribution < -0.4 is 4.74 Å². The van der Waals surface area contributed by atoms with Gasteiger partial charge in [0.1, 0.15) is 18.5 Å². The molecule has 2 fully saturated rings. The molecule has 1 saturated carbocycles. The minimum absolute atomic E-state index is 0.0243. The van der Waals surface area contributed by atoms with E-state index in [1.54, 1.807) is 0 Å². The summed E-state index contributed by atoms with van der Waals surface area (Å²) in [5.41, 5.74) is 1.13. The summed E-state index contributed by atoms with van der Waals surface area (Å²) in [6.07, 6.45) is 2.73. The number of nitrogens with zero attached hydrogens (tertiary/aromatic N) is 1. The lowest BCUT2D eigenvalue weighted by Gasteiger charge is -2.19. The van der Waals surface area contributed by atoms with E-state index in [1.165, 1.54) is 4.90 Å². The van der Waals surface area contributed by atoms with Gasteiger partial charge in [0.25, 0.3) is 0 Å². The minimum Gasteiger partial charge on any atom is -0.491 e. The summed E-state index contributed by atoms with van der Waals surface area (Å²) < 4.78 is 5.52. The number of amides is 2. The molecule has 2 aliphatic rings. The Hall–Kier alpha value is -1.88. The van der Waals surface area contributed by atoms with Gasteiger partial charge in [0.2, 0.25) is 11.8 Å². The van der Waals surface area contributed by atoms with E-state index in [9.17, 15) is 14.7 Å². The third kappa shape index (κ3) is 3.39. The molecule has 5 nitrogen and oxygen atoms in total. The molecule has 0 unspecified atom stereocenters. The molecule has 1 aromatic rings. The van der Waals surface area contributed by atoms with E-state index in [1.807, 2.05) is 31.2 Å². The van der Waals surface area contributed by atoms with Gasteiger partial charge in [-0.25, -0.2) is 0 Å². The van der Waals surface area contributed by atoms with Crippen molar-refractivity contribution in [1.29, 1.82) is 0 Å². The van der Waals surface area contributed by atoms with E-state index in [0.717, 1.165) is 31.2 Å². The third-order valence-corrected chi connectivity index (χ3v) is 4.79. The van der Waals surface area contributed by atoms with E-state index >= 15 is 0 Å². The first-order valence-corrected chi connectivity index (χ1v) is 8.29. The van der Waals surface area contributed by atoms with E-state index in [2.05, 4.69) is 0 Å². The van der Waals surface area contributed by atoms with Crippen LogP contribution in [0.1, 0.15) is 31.2 Å². The molecule has 1 aliphatic carbocycles. The fraction of sp³-hybridized carbons (Fsp3) is 0.556. The number of fused-ring (bicyclic) bond motifs is 1. The topological polar surface area (TPSA) is 66.8 Å². The molecule has 1 N–H and O–H groups in total. The van der Waals surface area contributed by atoms with Gasteiger partial charge in [-0.1, -0.05) is 30.5 Å². The Bertz CT molecular complexity index is 559. The second-order valence-electron chi connectivity index (χ2n) is 6.56. The second kappa shape index (κ2) is 6.71. The van der Waals surface area contributed by atoms with E-state index < -0.39 is 6.10 Å². The highest BCUT2D eigenvalue weighted by Crippen LogP contribution is 2.37. The number of rotatable bonds is 5. The van der Waals surface area contributed by atoms with Crippen LogP contribution in [0.3, 0.4) is 0 Å². The number of aryl methyl sites for hydroxylation is 1. The smallest absolute Gasteiger partial charge is 0.233 e. The molecule has 2 amide bonds. The minimum atomic E-state index is -0.871. The Morgan fingerprint density at radius 1 is 1.13 bits per heavy atom. The van der Waals surface area contributed by atoms with E-state index in [4.69, 9.17) is 4.74 Å². The predicted molar refractivity (Wildman–Crippen MR) is 84.8 cm³/mol. The highest BCUT2D eigenvalue weighted by atomic mass is 16.5. The molecule has 5 heteroatoms. The normalized spacial score (nSPS) is 25.4. The van der Waals surface area contributed by atoms with Crippen LogP contribution in [0.15, 0.2) is 24.3 Å². The summed E-state index contributed by atoms with van der Waals surface area (Å²) in [6.45, 7) is 2.08. The fourth-order valence-corrected chi connectivity index (χ4v) is 3.50. The predicted octanol–water partition coefficient (Wildman–Crippen LogP) is 1.91. The summed E-state index contributed by atoms with van der Waals surface area (Å²) >= 11 is 0. The van der Waals surface area contributed by atoms with Crippen molar-refractivity contribution in [2.45, 2.75) is 38.7 Å². The third-order valence-electron chi connectivity index (χ3n) is 4.79. The van der Waals surface area contributed by atoms with Gasteiger partial charge < -0.3 is 9.84 Å². The maximum atomic E-state index is 12.4. The fourth-order valence-electron chi connectivity index (χ4n) is 3.50. The van der Waals surface area contributed by atoms with Crippen LogP contribution in [0.25, 0.3) is 0 Å². The average Bonchev–Trinajstić information content (AvgIpc) is 2.80. The van der Waals surface area contributed by atoms with Crippen molar-refractivity contribution >= 4 is 11.8 Å². The van der Waals surface area contributed by atoms with Crippen molar-refractivity contribution in [2.75, 3.05) is 13.2 Å². The first-order valence-electron chi connectivity index (χ1n) is 8.29. The second-order valence-corrected chi connectivity index (χ2v) is 6.56. The van der Waals surface area contributed by atoms with Gasteiger partial charge >= 0.3 is 0 Å². The van der Waals surface area contributed by atoms with Crippen molar-refractivity contribution in [3.8, 4) is 5.75 Å². The SMILES string of the molecule is Cc1ccc(OC[C@@H](O)CN2C(=O)[C@H]3CCCC[C@H]3C2=O)cc1. The van der Waals surface area contributed by atoms with Gasteiger partial charge in [0, 0.05) is 0 Å². The number of hydrogen-bond donors (Lipinski definition) is 1. The Morgan fingerprint density at radius 3 is 2.26 bits per heavy atom. The number of likely N-dealkylation sites (tertiary alicyclic amines) is 1. The summed E-state index contributed by atoms with van der Waals surface area (Å²) in [4.78, 5) is 25.9. The maximum absolute atomic E-state index is 12.4. The molecule has 0 radical (unpaired) electrons. The molecular formula is C18H23NO4. The zero-order chi connectivity index (χ0) is 16.4. The number of carbonyl (C=O) groups is 2. The monoisotopic (exact) mass is 317 g/mol.